The van der Waals surface area contributed by atoms with E-state index in [-0.39, 0.29) is 6.61 Å². The Morgan fingerprint density at radius 3 is 2.68 bits per heavy atom. The molecule has 1 aliphatic rings. The molecule has 0 atom stereocenters. The molecule has 2 aromatic rings. The number of likely N-dealkylation sites (tertiary alicyclic amines) is 1. The number of benzene rings is 1. The molecule has 0 bridgehead atoms. The van der Waals surface area contributed by atoms with Crippen molar-refractivity contribution in [3.63, 3.8) is 0 Å². The normalized spacial score (nSPS) is 16.5. The minimum Gasteiger partial charge on any atom is -0.392 e. The van der Waals surface area contributed by atoms with Crippen molar-refractivity contribution in [2.45, 2.75) is 26.0 Å². The first-order valence-corrected chi connectivity index (χ1v) is 7.26. The van der Waals surface area contributed by atoms with Gasteiger partial charge in [-0.25, -0.2) is 0 Å². The van der Waals surface area contributed by atoms with E-state index < -0.39 is 0 Å². The van der Waals surface area contributed by atoms with Crippen LogP contribution in [0.3, 0.4) is 0 Å². The first-order chi connectivity index (χ1) is 9.28. The number of aliphatic hydroxyl groups excluding tert-OH is 1. The molecule has 0 spiro atoms. The van der Waals surface area contributed by atoms with Gasteiger partial charge in [-0.15, -0.1) is 0 Å². The summed E-state index contributed by atoms with van der Waals surface area (Å²) in [5, 5.41) is 11.3. The van der Waals surface area contributed by atoms with Crippen LogP contribution in [0.2, 0.25) is 5.02 Å². The highest BCUT2D eigenvalue weighted by atomic mass is 35.5. The third-order valence-electron chi connectivity index (χ3n) is 3.95. The molecular formula is C15H19ClN2O. The van der Waals surface area contributed by atoms with Crippen molar-refractivity contribution in [1.29, 1.82) is 0 Å². The van der Waals surface area contributed by atoms with Crippen molar-refractivity contribution < 1.29 is 5.11 Å². The lowest BCUT2D eigenvalue weighted by Crippen LogP contribution is -2.23. The van der Waals surface area contributed by atoms with Crippen LogP contribution in [0.5, 0.6) is 0 Å². The Labute approximate surface area is 118 Å². The zero-order valence-corrected chi connectivity index (χ0v) is 11.7. The van der Waals surface area contributed by atoms with Crippen molar-refractivity contribution in [3.05, 3.63) is 35.0 Å². The Hall–Kier alpha value is -1.03. The molecule has 0 radical (unpaired) electrons. The van der Waals surface area contributed by atoms with Gasteiger partial charge >= 0.3 is 0 Å². The molecule has 102 valence electrons. The maximum Gasteiger partial charge on any atom is 0.0702 e. The molecule has 2 heterocycles. The highest BCUT2D eigenvalue weighted by Gasteiger charge is 2.13. The summed E-state index contributed by atoms with van der Waals surface area (Å²) >= 11 is 6.08. The van der Waals surface area contributed by atoms with Crippen LogP contribution < -0.4 is 0 Å². The fourth-order valence-electron chi connectivity index (χ4n) is 2.91. The van der Waals surface area contributed by atoms with E-state index in [1.165, 1.54) is 25.9 Å². The Kier molecular flexibility index (Phi) is 3.78. The number of nitrogens with zero attached hydrogens (tertiary/aromatic N) is 2. The topological polar surface area (TPSA) is 28.4 Å². The van der Waals surface area contributed by atoms with Gasteiger partial charge in [-0.3, -0.25) is 0 Å². The van der Waals surface area contributed by atoms with Crippen molar-refractivity contribution in [1.82, 2.24) is 9.47 Å². The molecule has 0 amide bonds. The molecule has 0 aliphatic carbocycles. The van der Waals surface area contributed by atoms with Crippen molar-refractivity contribution in [2.24, 2.45) is 0 Å². The monoisotopic (exact) mass is 278 g/mol. The van der Waals surface area contributed by atoms with Gasteiger partial charge in [0.15, 0.2) is 0 Å². The summed E-state index contributed by atoms with van der Waals surface area (Å²) in [5.74, 6) is 0. The quantitative estimate of drug-likeness (QED) is 0.932. The largest absolute Gasteiger partial charge is 0.392 e. The highest BCUT2D eigenvalue weighted by Crippen LogP contribution is 2.25. The molecule has 3 rings (SSSR count). The number of fused-ring (bicyclic) bond motifs is 1. The van der Waals surface area contributed by atoms with Crippen molar-refractivity contribution in [3.8, 4) is 0 Å². The molecule has 19 heavy (non-hydrogen) atoms. The van der Waals surface area contributed by atoms with E-state index in [0.29, 0.717) is 0 Å². The van der Waals surface area contributed by atoms with Crippen molar-refractivity contribution >= 4 is 22.5 Å². The van der Waals surface area contributed by atoms with Gasteiger partial charge in [0, 0.05) is 40.8 Å². The number of aliphatic hydroxyl groups is 1. The second-order valence-corrected chi connectivity index (χ2v) is 5.65. The summed E-state index contributed by atoms with van der Waals surface area (Å²) in [7, 11) is 0. The smallest absolute Gasteiger partial charge is 0.0702 e. The van der Waals surface area contributed by atoms with Gasteiger partial charge in [0.25, 0.3) is 0 Å². The van der Waals surface area contributed by atoms with Gasteiger partial charge in [-0.1, -0.05) is 17.7 Å². The number of halogens is 1. The molecule has 1 N–H and O–H groups in total. The van der Waals surface area contributed by atoms with Crippen LogP contribution in [0.25, 0.3) is 10.9 Å². The minimum absolute atomic E-state index is 0.0782. The van der Waals surface area contributed by atoms with Gasteiger partial charge in [-0.2, -0.15) is 0 Å². The van der Waals surface area contributed by atoms with Gasteiger partial charge in [0.05, 0.1) is 6.61 Å². The average Bonchev–Trinajstić information content (AvgIpc) is 3.03. The predicted molar refractivity (Wildman–Crippen MR) is 78.5 cm³/mol. The van der Waals surface area contributed by atoms with Crippen LogP contribution in [0.1, 0.15) is 18.4 Å². The standard InChI is InChI=1S/C15H19ClN2O/c16-13-3-4-14-12(11-19)10-18(15(14)9-13)8-7-17-5-1-2-6-17/h3-4,9-10,19H,1-2,5-8,11H2. The Bertz CT molecular complexity index is 573. The number of hydrogen-bond donors (Lipinski definition) is 1. The summed E-state index contributed by atoms with van der Waals surface area (Å²) in [6.07, 6.45) is 4.69. The number of hydrogen-bond acceptors (Lipinski definition) is 2. The molecule has 1 fully saturated rings. The SMILES string of the molecule is OCc1cn(CCN2CCCC2)c2cc(Cl)ccc12. The lowest BCUT2D eigenvalue weighted by Gasteiger charge is -2.15. The fourth-order valence-corrected chi connectivity index (χ4v) is 3.07. The molecular weight excluding hydrogens is 260 g/mol. The summed E-state index contributed by atoms with van der Waals surface area (Å²) in [5.41, 5.74) is 2.10. The Morgan fingerprint density at radius 2 is 1.95 bits per heavy atom. The van der Waals surface area contributed by atoms with E-state index >= 15 is 0 Å². The minimum atomic E-state index is 0.0782. The predicted octanol–water partition coefficient (Wildman–Crippen LogP) is 2.88. The van der Waals surface area contributed by atoms with E-state index in [1.54, 1.807) is 0 Å². The first kappa shape index (κ1) is 13.0. The molecule has 1 aliphatic heterocycles. The van der Waals surface area contributed by atoms with E-state index in [4.69, 9.17) is 11.6 Å². The zero-order chi connectivity index (χ0) is 13.2. The number of rotatable bonds is 4. The van der Waals surface area contributed by atoms with Crippen LogP contribution in [0.4, 0.5) is 0 Å². The first-order valence-electron chi connectivity index (χ1n) is 6.88. The fraction of sp³-hybridized carbons (Fsp3) is 0.467. The molecule has 1 saturated heterocycles. The third-order valence-corrected chi connectivity index (χ3v) is 4.19. The van der Waals surface area contributed by atoms with Crippen LogP contribution in [-0.4, -0.2) is 34.2 Å². The summed E-state index contributed by atoms with van der Waals surface area (Å²) < 4.78 is 2.21. The summed E-state index contributed by atoms with van der Waals surface area (Å²) in [6, 6.07) is 5.86. The molecule has 4 heteroatoms. The Morgan fingerprint density at radius 1 is 1.16 bits per heavy atom. The summed E-state index contributed by atoms with van der Waals surface area (Å²) in [4.78, 5) is 2.50. The average molecular weight is 279 g/mol. The lowest BCUT2D eigenvalue weighted by atomic mass is 10.2. The third kappa shape index (κ3) is 2.64. The van der Waals surface area contributed by atoms with Crippen molar-refractivity contribution in [2.75, 3.05) is 19.6 Å². The van der Waals surface area contributed by atoms with Crippen LogP contribution >= 0.6 is 11.6 Å². The second-order valence-electron chi connectivity index (χ2n) is 5.22. The van der Waals surface area contributed by atoms with Crippen LogP contribution in [0, 0.1) is 0 Å². The van der Waals surface area contributed by atoms with E-state index in [9.17, 15) is 5.11 Å². The highest BCUT2D eigenvalue weighted by molar-refractivity contribution is 6.31. The molecule has 1 aromatic heterocycles. The van der Waals surface area contributed by atoms with Gasteiger partial charge in [0.1, 0.15) is 0 Å². The van der Waals surface area contributed by atoms with Crippen LogP contribution in [-0.2, 0) is 13.2 Å². The zero-order valence-electron chi connectivity index (χ0n) is 11.0. The van der Waals surface area contributed by atoms with Gasteiger partial charge < -0.3 is 14.6 Å². The van der Waals surface area contributed by atoms with Gasteiger partial charge in [-0.05, 0) is 38.1 Å². The Balaban J connectivity index is 1.86. The lowest BCUT2D eigenvalue weighted by molar-refractivity contribution is 0.282. The molecule has 0 saturated carbocycles. The molecule has 3 nitrogen and oxygen atoms in total. The summed E-state index contributed by atoms with van der Waals surface area (Å²) in [6.45, 7) is 4.53. The molecule has 0 unspecified atom stereocenters. The van der Waals surface area contributed by atoms with Crippen LogP contribution in [0.15, 0.2) is 24.4 Å². The molecule has 1 aromatic carbocycles. The van der Waals surface area contributed by atoms with Gasteiger partial charge in [0.2, 0.25) is 0 Å². The second kappa shape index (κ2) is 5.53. The number of aromatic nitrogens is 1. The maximum atomic E-state index is 9.44. The van der Waals surface area contributed by atoms with E-state index in [0.717, 1.165) is 34.6 Å². The van der Waals surface area contributed by atoms with E-state index in [1.807, 2.05) is 18.2 Å². The van der Waals surface area contributed by atoms with E-state index in [2.05, 4.69) is 15.7 Å². The maximum absolute atomic E-state index is 9.44.